The number of ether oxygens (including phenoxy) is 1. The Hall–Kier alpha value is -0.680. The fourth-order valence-electron chi connectivity index (χ4n) is 1.33. The van der Waals surface area contributed by atoms with Gasteiger partial charge in [0, 0.05) is 20.2 Å². The van der Waals surface area contributed by atoms with E-state index < -0.39 is 5.92 Å². The number of carbonyl (C=O) groups is 1. The van der Waals surface area contributed by atoms with Crippen LogP contribution in [-0.4, -0.2) is 42.6 Å². The van der Waals surface area contributed by atoms with E-state index in [4.69, 9.17) is 22.7 Å². The molecule has 0 spiro atoms. The highest BCUT2D eigenvalue weighted by Gasteiger charge is 2.22. The second-order valence-corrected chi connectivity index (χ2v) is 4.77. The zero-order valence-corrected chi connectivity index (χ0v) is 11.3. The maximum atomic E-state index is 12.0. The van der Waals surface area contributed by atoms with E-state index in [0.717, 1.165) is 0 Å². The summed E-state index contributed by atoms with van der Waals surface area (Å²) in [6.45, 7) is 7.69. The first-order valence-electron chi connectivity index (χ1n) is 5.47. The van der Waals surface area contributed by atoms with Gasteiger partial charge in [0.05, 0.1) is 17.5 Å². The quantitative estimate of drug-likeness (QED) is 0.682. The van der Waals surface area contributed by atoms with Crippen molar-refractivity contribution >= 4 is 23.1 Å². The van der Waals surface area contributed by atoms with E-state index in [2.05, 4.69) is 13.8 Å². The van der Waals surface area contributed by atoms with E-state index in [1.807, 2.05) is 0 Å². The van der Waals surface area contributed by atoms with Crippen molar-refractivity contribution in [2.24, 2.45) is 17.6 Å². The van der Waals surface area contributed by atoms with E-state index in [0.29, 0.717) is 25.6 Å². The third-order valence-electron chi connectivity index (χ3n) is 2.26. The van der Waals surface area contributed by atoms with Crippen LogP contribution in [0.1, 0.15) is 20.8 Å². The summed E-state index contributed by atoms with van der Waals surface area (Å²) in [5, 5.41) is 0. The van der Waals surface area contributed by atoms with E-state index in [1.165, 1.54) is 0 Å². The number of amides is 1. The molecule has 0 aliphatic carbocycles. The zero-order valence-electron chi connectivity index (χ0n) is 10.5. The molecule has 0 fully saturated rings. The summed E-state index contributed by atoms with van der Waals surface area (Å²) < 4.78 is 4.99. The Bertz CT molecular complexity index is 244. The number of carbonyl (C=O) groups excluding carboxylic acids is 1. The molecular formula is C11H22N2O2S. The summed E-state index contributed by atoms with van der Waals surface area (Å²) in [5.74, 6) is 0.00297. The van der Waals surface area contributed by atoms with Gasteiger partial charge in [-0.15, -0.1) is 0 Å². The van der Waals surface area contributed by atoms with Gasteiger partial charge in [0.15, 0.2) is 0 Å². The third kappa shape index (κ3) is 5.42. The third-order valence-corrected chi connectivity index (χ3v) is 2.61. The first-order chi connectivity index (χ1) is 7.40. The Morgan fingerprint density at radius 3 is 2.38 bits per heavy atom. The molecule has 0 aromatic heterocycles. The van der Waals surface area contributed by atoms with Crippen LogP contribution in [0.15, 0.2) is 0 Å². The van der Waals surface area contributed by atoms with Crippen LogP contribution < -0.4 is 5.73 Å². The summed E-state index contributed by atoms with van der Waals surface area (Å²) in [6.07, 6.45) is 0. The second kappa shape index (κ2) is 7.57. The molecule has 0 aromatic rings. The monoisotopic (exact) mass is 246 g/mol. The molecule has 0 bridgehead atoms. The van der Waals surface area contributed by atoms with Crippen LogP contribution in [0.25, 0.3) is 0 Å². The fraction of sp³-hybridized carbons (Fsp3) is 0.818. The Kier molecular flexibility index (Phi) is 7.25. The number of rotatable bonds is 7. The highest BCUT2D eigenvalue weighted by Crippen LogP contribution is 2.06. The highest BCUT2D eigenvalue weighted by molar-refractivity contribution is 7.80. The van der Waals surface area contributed by atoms with Crippen molar-refractivity contribution in [3.8, 4) is 0 Å². The van der Waals surface area contributed by atoms with Crippen LogP contribution in [0.4, 0.5) is 0 Å². The molecule has 16 heavy (non-hydrogen) atoms. The minimum Gasteiger partial charge on any atom is -0.393 e. The van der Waals surface area contributed by atoms with E-state index in [-0.39, 0.29) is 10.9 Å². The molecule has 0 rings (SSSR count). The van der Waals surface area contributed by atoms with Crippen LogP contribution in [-0.2, 0) is 9.53 Å². The van der Waals surface area contributed by atoms with Crippen LogP contribution in [0.5, 0.6) is 0 Å². The molecule has 0 aromatic carbocycles. The molecule has 1 atom stereocenters. The molecule has 5 heteroatoms. The van der Waals surface area contributed by atoms with Gasteiger partial charge in [-0.05, 0) is 12.8 Å². The van der Waals surface area contributed by atoms with Crippen LogP contribution in [0.3, 0.4) is 0 Å². The molecular weight excluding hydrogens is 224 g/mol. The van der Waals surface area contributed by atoms with E-state index >= 15 is 0 Å². The zero-order chi connectivity index (χ0) is 12.7. The summed E-state index contributed by atoms with van der Waals surface area (Å²) in [5.41, 5.74) is 5.49. The van der Waals surface area contributed by atoms with Gasteiger partial charge >= 0.3 is 0 Å². The lowest BCUT2D eigenvalue weighted by Crippen LogP contribution is -2.43. The standard InChI is InChI=1S/C11H22N2O2S/c1-8(2)7-13(5-6-15-4)11(14)9(3)10(12)16/h8-9H,5-7H2,1-4H3,(H2,12,16). The maximum absolute atomic E-state index is 12.0. The van der Waals surface area contributed by atoms with E-state index in [9.17, 15) is 4.79 Å². The van der Waals surface area contributed by atoms with Crippen molar-refractivity contribution in [1.29, 1.82) is 0 Å². The molecule has 0 saturated heterocycles. The van der Waals surface area contributed by atoms with Crippen LogP contribution >= 0.6 is 12.2 Å². The molecule has 1 unspecified atom stereocenters. The minimum absolute atomic E-state index is 0.0155. The van der Waals surface area contributed by atoms with Gasteiger partial charge in [0.25, 0.3) is 0 Å². The van der Waals surface area contributed by atoms with Crippen LogP contribution in [0, 0.1) is 11.8 Å². The SMILES string of the molecule is COCCN(CC(C)C)C(=O)C(C)C(N)=S. The smallest absolute Gasteiger partial charge is 0.232 e. The maximum Gasteiger partial charge on any atom is 0.232 e. The molecule has 0 saturated carbocycles. The van der Waals surface area contributed by atoms with Gasteiger partial charge < -0.3 is 15.4 Å². The first-order valence-corrected chi connectivity index (χ1v) is 5.88. The Morgan fingerprint density at radius 1 is 1.44 bits per heavy atom. The van der Waals surface area contributed by atoms with Crippen molar-refractivity contribution in [2.45, 2.75) is 20.8 Å². The van der Waals surface area contributed by atoms with Gasteiger partial charge in [-0.25, -0.2) is 0 Å². The van der Waals surface area contributed by atoms with Crippen molar-refractivity contribution in [2.75, 3.05) is 26.8 Å². The number of nitrogens with two attached hydrogens (primary N) is 1. The van der Waals surface area contributed by atoms with Crippen molar-refractivity contribution < 1.29 is 9.53 Å². The average Bonchev–Trinajstić information content (AvgIpc) is 2.21. The first kappa shape index (κ1) is 15.3. The van der Waals surface area contributed by atoms with Crippen molar-refractivity contribution in [1.82, 2.24) is 4.90 Å². The van der Waals surface area contributed by atoms with E-state index in [1.54, 1.807) is 18.9 Å². The molecule has 0 aliphatic rings. The molecule has 0 heterocycles. The highest BCUT2D eigenvalue weighted by atomic mass is 32.1. The lowest BCUT2D eigenvalue weighted by atomic mass is 10.1. The van der Waals surface area contributed by atoms with Crippen molar-refractivity contribution in [3.05, 3.63) is 0 Å². The minimum atomic E-state index is -0.398. The molecule has 4 nitrogen and oxygen atoms in total. The van der Waals surface area contributed by atoms with Gasteiger partial charge in [-0.2, -0.15) is 0 Å². The van der Waals surface area contributed by atoms with Crippen molar-refractivity contribution in [3.63, 3.8) is 0 Å². The molecule has 2 N–H and O–H groups in total. The van der Waals surface area contributed by atoms with Gasteiger partial charge in [0.1, 0.15) is 0 Å². The predicted molar refractivity (Wildman–Crippen MR) is 69.2 cm³/mol. The summed E-state index contributed by atoms with van der Waals surface area (Å²) in [7, 11) is 1.62. The predicted octanol–water partition coefficient (Wildman–Crippen LogP) is 1.04. The van der Waals surface area contributed by atoms with Gasteiger partial charge in [-0.3, -0.25) is 4.79 Å². The summed E-state index contributed by atoms with van der Waals surface area (Å²) in [6, 6.07) is 0. The number of nitrogens with zero attached hydrogens (tertiary/aromatic N) is 1. The number of hydrogen-bond donors (Lipinski definition) is 1. The molecule has 0 radical (unpaired) electrons. The molecule has 94 valence electrons. The topological polar surface area (TPSA) is 55.6 Å². The normalized spacial score (nSPS) is 12.6. The van der Waals surface area contributed by atoms with Crippen LogP contribution in [0.2, 0.25) is 0 Å². The fourth-order valence-corrected chi connectivity index (χ4v) is 1.43. The largest absolute Gasteiger partial charge is 0.393 e. The Morgan fingerprint density at radius 2 is 2.00 bits per heavy atom. The lowest BCUT2D eigenvalue weighted by Gasteiger charge is -2.26. The summed E-state index contributed by atoms with van der Waals surface area (Å²) >= 11 is 4.84. The number of hydrogen-bond acceptors (Lipinski definition) is 3. The second-order valence-electron chi connectivity index (χ2n) is 4.29. The van der Waals surface area contributed by atoms with Gasteiger partial charge in [-0.1, -0.05) is 26.1 Å². The summed E-state index contributed by atoms with van der Waals surface area (Å²) in [4.78, 5) is 14.0. The number of thiocarbonyl (C=S) groups is 1. The van der Waals surface area contributed by atoms with Gasteiger partial charge in [0.2, 0.25) is 5.91 Å². The molecule has 0 aliphatic heterocycles. The molecule has 1 amide bonds. The number of methoxy groups -OCH3 is 1. The Labute approximate surface area is 103 Å². The Balaban J connectivity index is 4.48. The lowest BCUT2D eigenvalue weighted by molar-refractivity contribution is -0.134. The average molecular weight is 246 g/mol.